The summed E-state index contributed by atoms with van der Waals surface area (Å²) in [7, 11) is -3.31. The van der Waals surface area contributed by atoms with Crippen molar-refractivity contribution in [3.63, 3.8) is 0 Å². The molecule has 2 aromatic heterocycles. The fourth-order valence-corrected chi connectivity index (χ4v) is 6.77. The molecule has 0 atom stereocenters. The maximum absolute atomic E-state index is 12.3. The summed E-state index contributed by atoms with van der Waals surface area (Å²) < 4.78 is 32.2. The van der Waals surface area contributed by atoms with Crippen molar-refractivity contribution in [2.24, 2.45) is 5.92 Å². The number of carbonyl (C=O) groups is 1. The lowest BCUT2D eigenvalue weighted by Crippen LogP contribution is -2.35. The van der Waals surface area contributed by atoms with Gasteiger partial charge in [0.1, 0.15) is 16.5 Å². The zero-order valence-electron chi connectivity index (χ0n) is 23.1. The van der Waals surface area contributed by atoms with Gasteiger partial charge in [-0.1, -0.05) is 23.5 Å². The molecule has 0 bridgehead atoms. The average molecular weight is 602 g/mol. The second-order valence-corrected chi connectivity index (χ2v) is 13.2. The minimum absolute atomic E-state index is 0.185. The molecule has 14 heteroatoms. The van der Waals surface area contributed by atoms with Crippen LogP contribution in [0.4, 0.5) is 28.4 Å². The van der Waals surface area contributed by atoms with E-state index in [-0.39, 0.29) is 18.5 Å². The molecule has 3 aromatic rings. The standard InChI is InChI=1S/C27H35N7O5S2/c1-3-39-25(36)24-17(2)29-27(40-24)32-26-30-22(14-23(31-26)34-12-10-19(16-35)11-13-34)28-15-18-4-6-20(7-5-18)33-41(37,38)21-8-9-21/h4-7,14,19,21,33,35H,3,8-13,15-16H2,1-2H3,(H2,28,29,30,31,32). The quantitative estimate of drug-likeness (QED) is 0.223. The number of rotatable bonds is 12. The minimum Gasteiger partial charge on any atom is -0.462 e. The van der Waals surface area contributed by atoms with Crippen molar-refractivity contribution < 1.29 is 23.1 Å². The van der Waals surface area contributed by atoms with E-state index >= 15 is 0 Å². The summed E-state index contributed by atoms with van der Waals surface area (Å²) in [6, 6.07) is 9.14. The van der Waals surface area contributed by atoms with Crippen LogP contribution < -0.4 is 20.3 Å². The average Bonchev–Trinajstić information content (AvgIpc) is 3.76. The molecule has 4 N–H and O–H groups in total. The van der Waals surface area contributed by atoms with Gasteiger partial charge in [-0.25, -0.2) is 18.2 Å². The number of sulfonamides is 1. The van der Waals surface area contributed by atoms with Crippen LogP contribution in [0, 0.1) is 12.8 Å². The fraction of sp³-hybridized carbons (Fsp3) is 0.481. The van der Waals surface area contributed by atoms with Crippen LogP contribution in [0.15, 0.2) is 30.3 Å². The van der Waals surface area contributed by atoms with Crippen molar-refractivity contribution in [3.05, 3.63) is 46.5 Å². The summed E-state index contributed by atoms with van der Waals surface area (Å²) in [6.45, 7) is 5.98. The Morgan fingerprint density at radius 2 is 1.85 bits per heavy atom. The highest BCUT2D eigenvalue weighted by atomic mass is 32.2. The van der Waals surface area contributed by atoms with Gasteiger partial charge in [-0.05, 0) is 63.1 Å². The first kappa shape index (κ1) is 29.0. The van der Waals surface area contributed by atoms with Crippen LogP contribution in [0.2, 0.25) is 0 Å². The summed E-state index contributed by atoms with van der Waals surface area (Å²) in [6.07, 6.45) is 3.17. The Hall–Kier alpha value is -3.49. The lowest BCUT2D eigenvalue weighted by Gasteiger charge is -2.32. The van der Waals surface area contributed by atoms with Crippen LogP contribution in [0.1, 0.15) is 53.5 Å². The predicted octanol–water partition coefficient (Wildman–Crippen LogP) is 3.89. The number of anilines is 5. The molecule has 3 heterocycles. The number of aliphatic hydroxyl groups excluding tert-OH is 1. The van der Waals surface area contributed by atoms with Crippen LogP contribution in [0.3, 0.4) is 0 Å². The molecule has 1 saturated heterocycles. The predicted molar refractivity (Wildman–Crippen MR) is 159 cm³/mol. The molecule has 2 fully saturated rings. The highest BCUT2D eigenvalue weighted by molar-refractivity contribution is 7.93. The molecule has 1 saturated carbocycles. The van der Waals surface area contributed by atoms with E-state index < -0.39 is 16.0 Å². The van der Waals surface area contributed by atoms with Gasteiger partial charge < -0.3 is 20.1 Å². The molecular weight excluding hydrogens is 566 g/mol. The van der Waals surface area contributed by atoms with E-state index in [0.717, 1.165) is 37.3 Å². The Labute approximate surface area is 243 Å². The van der Waals surface area contributed by atoms with E-state index in [1.807, 2.05) is 18.2 Å². The summed E-state index contributed by atoms with van der Waals surface area (Å²) in [4.78, 5) is 28.7. The number of aromatic nitrogens is 3. The van der Waals surface area contributed by atoms with Crippen molar-refractivity contribution in [1.29, 1.82) is 0 Å². The van der Waals surface area contributed by atoms with Gasteiger partial charge in [-0.3, -0.25) is 10.0 Å². The number of thiazole rings is 1. The Balaban J connectivity index is 1.32. The molecule has 1 aromatic carbocycles. The summed E-state index contributed by atoms with van der Waals surface area (Å²) >= 11 is 1.19. The lowest BCUT2D eigenvalue weighted by atomic mass is 9.98. The third-order valence-corrected chi connectivity index (χ3v) is 9.96. The number of hydrogen-bond acceptors (Lipinski definition) is 12. The van der Waals surface area contributed by atoms with Gasteiger partial charge in [-0.2, -0.15) is 9.97 Å². The van der Waals surface area contributed by atoms with Crippen molar-refractivity contribution in [3.8, 4) is 0 Å². The number of aliphatic hydroxyl groups is 1. The second kappa shape index (κ2) is 12.6. The monoisotopic (exact) mass is 601 g/mol. The third-order valence-electron chi connectivity index (χ3n) is 7.04. The fourth-order valence-electron chi connectivity index (χ4n) is 4.53. The molecule has 0 unspecified atom stereocenters. The topological polar surface area (TPSA) is 159 Å². The number of aryl methyl sites for hydroxylation is 1. The van der Waals surface area contributed by atoms with Crippen LogP contribution in [-0.2, 0) is 21.3 Å². The molecule has 220 valence electrons. The molecule has 0 radical (unpaired) electrons. The molecule has 1 aliphatic carbocycles. The maximum atomic E-state index is 12.3. The number of hydrogen-bond donors (Lipinski definition) is 4. The van der Waals surface area contributed by atoms with E-state index in [4.69, 9.17) is 9.72 Å². The lowest BCUT2D eigenvalue weighted by molar-refractivity contribution is 0.0531. The van der Waals surface area contributed by atoms with Gasteiger partial charge in [-0.15, -0.1) is 0 Å². The van der Waals surface area contributed by atoms with Crippen molar-refractivity contribution >= 4 is 55.7 Å². The first-order chi connectivity index (χ1) is 19.7. The largest absolute Gasteiger partial charge is 0.462 e. The van der Waals surface area contributed by atoms with Crippen LogP contribution in [-0.4, -0.2) is 66.0 Å². The van der Waals surface area contributed by atoms with Crippen molar-refractivity contribution in [2.45, 2.75) is 51.3 Å². The maximum Gasteiger partial charge on any atom is 0.350 e. The summed E-state index contributed by atoms with van der Waals surface area (Å²) in [5.41, 5.74) is 2.07. The number of ether oxygens (including phenoxy) is 1. The number of nitrogens with one attached hydrogen (secondary N) is 3. The van der Waals surface area contributed by atoms with Crippen LogP contribution >= 0.6 is 11.3 Å². The first-order valence-corrected chi connectivity index (χ1v) is 16.1. The smallest absolute Gasteiger partial charge is 0.350 e. The van der Waals surface area contributed by atoms with Crippen LogP contribution in [0.25, 0.3) is 0 Å². The van der Waals surface area contributed by atoms with E-state index in [1.165, 1.54) is 11.3 Å². The SMILES string of the molecule is CCOC(=O)c1sc(Nc2nc(NCc3ccc(NS(=O)(=O)C4CC4)cc3)cc(N3CCC(CO)CC3)n2)nc1C. The Morgan fingerprint density at radius 1 is 1.12 bits per heavy atom. The molecular formula is C27H35N7O5S2. The number of benzene rings is 1. The van der Waals surface area contributed by atoms with Gasteiger partial charge in [0, 0.05) is 38.0 Å². The highest BCUT2D eigenvalue weighted by Gasteiger charge is 2.35. The molecule has 41 heavy (non-hydrogen) atoms. The molecule has 2 aliphatic rings. The van der Waals surface area contributed by atoms with Crippen molar-refractivity contribution in [2.75, 3.05) is 46.6 Å². The third kappa shape index (κ3) is 7.43. The first-order valence-electron chi connectivity index (χ1n) is 13.7. The van der Waals surface area contributed by atoms with Gasteiger partial charge in [0.25, 0.3) is 0 Å². The number of carbonyl (C=O) groups excluding carboxylic acids is 1. The van der Waals surface area contributed by atoms with E-state index in [1.54, 1.807) is 26.0 Å². The molecule has 0 amide bonds. The molecule has 5 rings (SSSR count). The zero-order valence-corrected chi connectivity index (χ0v) is 24.7. The summed E-state index contributed by atoms with van der Waals surface area (Å²) in [5, 5.41) is 16.2. The minimum atomic E-state index is -3.31. The van der Waals surface area contributed by atoms with Gasteiger partial charge in [0.2, 0.25) is 16.0 Å². The Bertz CT molecular complexity index is 1470. The van der Waals surface area contributed by atoms with Gasteiger partial charge >= 0.3 is 5.97 Å². The Morgan fingerprint density at radius 3 is 2.51 bits per heavy atom. The van der Waals surface area contributed by atoms with Gasteiger partial charge in [0.15, 0.2) is 5.13 Å². The zero-order chi connectivity index (χ0) is 29.0. The number of nitrogens with zero attached hydrogens (tertiary/aromatic N) is 4. The highest BCUT2D eigenvalue weighted by Crippen LogP contribution is 2.31. The van der Waals surface area contributed by atoms with E-state index in [2.05, 4.69) is 30.2 Å². The molecule has 12 nitrogen and oxygen atoms in total. The van der Waals surface area contributed by atoms with Crippen molar-refractivity contribution in [1.82, 2.24) is 15.0 Å². The number of esters is 1. The Kier molecular flexibility index (Phi) is 8.90. The molecule has 0 spiro atoms. The van der Waals surface area contributed by atoms with E-state index in [0.29, 0.717) is 58.5 Å². The normalized spacial score (nSPS) is 15.9. The number of piperidine rings is 1. The van der Waals surface area contributed by atoms with Gasteiger partial charge in [0.05, 0.1) is 17.6 Å². The second-order valence-electron chi connectivity index (χ2n) is 10.2. The summed E-state index contributed by atoms with van der Waals surface area (Å²) in [5.74, 6) is 1.55. The molecule has 1 aliphatic heterocycles. The van der Waals surface area contributed by atoms with Crippen LogP contribution in [0.5, 0.6) is 0 Å². The van der Waals surface area contributed by atoms with E-state index in [9.17, 15) is 18.3 Å².